The van der Waals surface area contributed by atoms with E-state index in [4.69, 9.17) is 10.00 Å². The number of carbonyl (C=O) groups is 2. The minimum Gasteiger partial charge on any atom is -0.461 e. The zero-order valence-electron chi connectivity index (χ0n) is 13.2. The fourth-order valence-corrected chi connectivity index (χ4v) is 2.72. The molecule has 3 rings (SSSR count). The summed E-state index contributed by atoms with van der Waals surface area (Å²) < 4.78 is 4.89. The first kappa shape index (κ1) is 15.8. The van der Waals surface area contributed by atoms with Crippen molar-refractivity contribution in [2.75, 3.05) is 11.9 Å². The summed E-state index contributed by atoms with van der Waals surface area (Å²) in [5, 5.41) is 11.8. The zero-order chi connectivity index (χ0) is 17.1. The van der Waals surface area contributed by atoms with Crippen molar-refractivity contribution in [2.24, 2.45) is 5.92 Å². The number of nitriles is 1. The summed E-state index contributed by atoms with van der Waals surface area (Å²) in [4.78, 5) is 26.7. The number of rotatable bonds is 5. The van der Waals surface area contributed by atoms with Crippen LogP contribution in [0, 0.1) is 17.2 Å². The second-order valence-electron chi connectivity index (χ2n) is 5.70. The topological polar surface area (TPSA) is 95.0 Å². The van der Waals surface area contributed by atoms with E-state index in [9.17, 15) is 9.59 Å². The first-order valence-electron chi connectivity index (χ1n) is 7.79. The molecule has 1 aliphatic rings. The van der Waals surface area contributed by atoms with Crippen molar-refractivity contribution in [2.45, 2.75) is 19.3 Å². The molecule has 6 heteroatoms. The quantitative estimate of drug-likeness (QED) is 0.827. The number of anilines is 1. The van der Waals surface area contributed by atoms with Crippen LogP contribution in [0.4, 0.5) is 5.69 Å². The van der Waals surface area contributed by atoms with Crippen molar-refractivity contribution in [3.63, 3.8) is 0 Å². The van der Waals surface area contributed by atoms with Crippen LogP contribution in [0.25, 0.3) is 0 Å². The van der Waals surface area contributed by atoms with E-state index in [1.165, 1.54) is 0 Å². The van der Waals surface area contributed by atoms with Gasteiger partial charge in [-0.2, -0.15) is 5.26 Å². The van der Waals surface area contributed by atoms with Crippen molar-refractivity contribution in [3.05, 3.63) is 53.3 Å². The molecular formula is C18H17N3O3. The van der Waals surface area contributed by atoms with E-state index in [2.05, 4.69) is 16.4 Å². The number of hydrogen-bond acceptors (Lipinski definition) is 4. The van der Waals surface area contributed by atoms with Gasteiger partial charge in [0.15, 0.2) is 0 Å². The third-order valence-corrected chi connectivity index (χ3v) is 4.02. The van der Waals surface area contributed by atoms with Crippen LogP contribution in [0.3, 0.4) is 0 Å². The molecule has 0 bridgehead atoms. The van der Waals surface area contributed by atoms with Gasteiger partial charge in [0.1, 0.15) is 5.69 Å². The lowest BCUT2D eigenvalue weighted by molar-refractivity contribution is -0.117. The predicted molar refractivity (Wildman–Crippen MR) is 87.4 cm³/mol. The number of esters is 1. The van der Waals surface area contributed by atoms with Crippen molar-refractivity contribution in [1.29, 1.82) is 5.26 Å². The summed E-state index contributed by atoms with van der Waals surface area (Å²) in [6.45, 7) is 2.03. The second kappa shape index (κ2) is 6.59. The standard InChI is InChI=1S/C18H17N3O3/c1-2-24-18(23)16-7-13(10-20-16)21-17(22)15-8-14(15)12-5-3-4-11(6-12)9-19/h3-7,10,14-15,20H,2,8H2,1H3,(H,21,22)/t14-,15-/m0/s1. The SMILES string of the molecule is CCOC(=O)c1cc(NC(=O)[C@H]2C[C@H]2c2cccc(C#N)c2)c[nH]1. The van der Waals surface area contributed by atoms with Crippen LogP contribution in [-0.2, 0) is 9.53 Å². The fourth-order valence-electron chi connectivity index (χ4n) is 2.72. The summed E-state index contributed by atoms with van der Waals surface area (Å²) >= 11 is 0. The van der Waals surface area contributed by atoms with Crippen LogP contribution in [0.1, 0.15) is 40.9 Å². The van der Waals surface area contributed by atoms with Crippen molar-refractivity contribution in [1.82, 2.24) is 4.98 Å². The maximum atomic E-state index is 12.3. The lowest BCUT2D eigenvalue weighted by Crippen LogP contribution is -2.14. The Morgan fingerprint density at radius 1 is 1.42 bits per heavy atom. The molecule has 0 unspecified atom stereocenters. The molecule has 6 nitrogen and oxygen atoms in total. The number of nitrogens with one attached hydrogen (secondary N) is 2. The molecule has 1 saturated carbocycles. The van der Waals surface area contributed by atoms with Gasteiger partial charge < -0.3 is 15.0 Å². The van der Waals surface area contributed by atoms with Gasteiger partial charge in [-0.25, -0.2) is 4.79 Å². The van der Waals surface area contributed by atoms with Gasteiger partial charge in [-0.05, 0) is 43.0 Å². The van der Waals surface area contributed by atoms with E-state index < -0.39 is 5.97 Å². The molecule has 2 aromatic rings. The molecule has 1 fully saturated rings. The highest BCUT2D eigenvalue weighted by Crippen LogP contribution is 2.48. The predicted octanol–water partition coefficient (Wildman–Crippen LogP) is 2.81. The third-order valence-electron chi connectivity index (χ3n) is 4.02. The summed E-state index contributed by atoms with van der Waals surface area (Å²) in [7, 11) is 0. The minimum atomic E-state index is -0.449. The van der Waals surface area contributed by atoms with E-state index >= 15 is 0 Å². The third kappa shape index (κ3) is 3.30. The van der Waals surface area contributed by atoms with Gasteiger partial charge in [0, 0.05) is 12.1 Å². The molecule has 1 aliphatic carbocycles. The number of ether oxygens (including phenoxy) is 1. The zero-order valence-corrected chi connectivity index (χ0v) is 13.2. The number of hydrogen-bond donors (Lipinski definition) is 2. The molecular weight excluding hydrogens is 306 g/mol. The number of aromatic amines is 1. The smallest absolute Gasteiger partial charge is 0.354 e. The molecule has 2 atom stereocenters. The van der Waals surface area contributed by atoms with E-state index in [1.807, 2.05) is 18.2 Å². The monoisotopic (exact) mass is 323 g/mol. The highest BCUT2D eigenvalue weighted by atomic mass is 16.5. The van der Waals surface area contributed by atoms with Crippen LogP contribution in [-0.4, -0.2) is 23.5 Å². The van der Waals surface area contributed by atoms with Crippen LogP contribution in [0.2, 0.25) is 0 Å². The van der Waals surface area contributed by atoms with Crippen molar-refractivity contribution in [3.8, 4) is 6.07 Å². The maximum Gasteiger partial charge on any atom is 0.354 e. The molecule has 122 valence electrons. The number of aromatic nitrogens is 1. The highest BCUT2D eigenvalue weighted by Gasteiger charge is 2.44. The van der Waals surface area contributed by atoms with E-state index in [-0.39, 0.29) is 17.7 Å². The lowest BCUT2D eigenvalue weighted by Gasteiger charge is -2.03. The number of H-pyrrole nitrogens is 1. The van der Waals surface area contributed by atoms with Gasteiger partial charge in [-0.1, -0.05) is 12.1 Å². The Morgan fingerprint density at radius 3 is 3.00 bits per heavy atom. The Labute approximate surface area is 139 Å². The van der Waals surface area contributed by atoms with Gasteiger partial charge in [-0.3, -0.25) is 4.79 Å². The summed E-state index contributed by atoms with van der Waals surface area (Å²) in [6.07, 6.45) is 2.33. The van der Waals surface area contributed by atoms with Gasteiger partial charge in [0.2, 0.25) is 5.91 Å². The van der Waals surface area contributed by atoms with Gasteiger partial charge in [-0.15, -0.1) is 0 Å². The number of amides is 1. The minimum absolute atomic E-state index is 0.0863. The molecule has 2 N–H and O–H groups in total. The Kier molecular flexibility index (Phi) is 4.34. The van der Waals surface area contributed by atoms with Crippen LogP contribution >= 0.6 is 0 Å². The molecule has 24 heavy (non-hydrogen) atoms. The lowest BCUT2D eigenvalue weighted by atomic mass is 10.1. The fraction of sp³-hybridized carbons (Fsp3) is 0.278. The van der Waals surface area contributed by atoms with Crippen molar-refractivity contribution < 1.29 is 14.3 Å². The van der Waals surface area contributed by atoms with Gasteiger partial charge in [0.25, 0.3) is 0 Å². The van der Waals surface area contributed by atoms with E-state index in [0.29, 0.717) is 23.6 Å². The Hall–Kier alpha value is -3.07. The Balaban J connectivity index is 1.61. The Bertz CT molecular complexity index is 819. The van der Waals surface area contributed by atoms with Crippen LogP contribution in [0.15, 0.2) is 36.5 Å². The number of carbonyl (C=O) groups excluding carboxylic acids is 2. The maximum absolute atomic E-state index is 12.3. The second-order valence-corrected chi connectivity index (χ2v) is 5.70. The van der Waals surface area contributed by atoms with Crippen LogP contribution < -0.4 is 5.32 Å². The molecule has 1 aromatic heterocycles. The summed E-state index contributed by atoms with van der Waals surface area (Å²) in [5.41, 5.74) is 2.46. The van der Waals surface area contributed by atoms with Gasteiger partial charge in [0.05, 0.1) is 23.9 Å². The van der Waals surface area contributed by atoms with Gasteiger partial charge >= 0.3 is 5.97 Å². The molecule has 0 radical (unpaired) electrons. The Morgan fingerprint density at radius 2 is 2.25 bits per heavy atom. The average molecular weight is 323 g/mol. The normalized spacial score (nSPS) is 18.5. The van der Waals surface area contributed by atoms with E-state index in [0.717, 1.165) is 12.0 Å². The summed E-state index contributed by atoms with van der Waals surface area (Å²) in [6, 6.07) is 11.0. The number of benzene rings is 1. The van der Waals surface area contributed by atoms with Crippen LogP contribution in [0.5, 0.6) is 0 Å². The van der Waals surface area contributed by atoms with E-state index in [1.54, 1.807) is 25.3 Å². The molecule has 1 aromatic carbocycles. The summed E-state index contributed by atoms with van der Waals surface area (Å²) in [5.74, 6) is -0.506. The first-order chi connectivity index (χ1) is 11.6. The molecule has 1 amide bonds. The van der Waals surface area contributed by atoms with Crippen molar-refractivity contribution >= 4 is 17.6 Å². The molecule has 0 spiro atoms. The average Bonchev–Trinajstić information content (AvgIpc) is 3.27. The molecule has 0 aliphatic heterocycles. The molecule has 0 saturated heterocycles. The largest absolute Gasteiger partial charge is 0.461 e. The molecule has 1 heterocycles. The number of nitrogens with zero attached hydrogens (tertiary/aromatic N) is 1. The highest BCUT2D eigenvalue weighted by molar-refractivity contribution is 5.97. The first-order valence-corrected chi connectivity index (χ1v) is 7.79.